The van der Waals surface area contributed by atoms with E-state index in [4.69, 9.17) is 14.2 Å². The van der Waals surface area contributed by atoms with Gasteiger partial charge in [0, 0.05) is 26.8 Å². The van der Waals surface area contributed by atoms with Crippen molar-refractivity contribution >= 4 is 17.7 Å². The molecule has 224 valence electrons. The van der Waals surface area contributed by atoms with Crippen LogP contribution in [0.25, 0.3) is 0 Å². The number of rotatable bonds is 8. The number of aliphatic hydroxyl groups is 5. The Balaban J connectivity index is 1.52. The van der Waals surface area contributed by atoms with Crippen molar-refractivity contribution in [3.05, 3.63) is 17.7 Å². The lowest BCUT2D eigenvalue weighted by Crippen LogP contribution is -2.71. The predicted molar refractivity (Wildman–Crippen MR) is 131 cm³/mol. The summed E-state index contributed by atoms with van der Waals surface area (Å²) in [7, 11) is 0. The van der Waals surface area contributed by atoms with E-state index in [1.54, 1.807) is 0 Å². The summed E-state index contributed by atoms with van der Waals surface area (Å²) in [5.41, 5.74) is 1.58. The van der Waals surface area contributed by atoms with Crippen molar-refractivity contribution in [1.82, 2.24) is 31.2 Å². The second kappa shape index (κ2) is 12.8. The van der Waals surface area contributed by atoms with Gasteiger partial charge in [-0.05, 0) is 0 Å². The third-order valence-electron chi connectivity index (χ3n) is 7.14. The topological polar surface area (TPSA) is 257 Å². The Kier molecular flexibility index (Phi) is 9.70. The molecule has 0 unspecified atom stereocenters. The van der Waals surface area contributed by atoms with Crippen molar-refractivity contribution in [2.75, 3.05) is 13.2 Å². The molecule has 17 heteroatoms. The van der Waals surface area contributed by atoms with E-state index in [9.17, 15) is 39.9 Å². The highest BCUT2D eigenvalue weighted by Crippen LogP contribution is 2.29. The fourth-order valence-electron chi connectivity index (χ4n) is 5.13. The molecule has 4 heterocycles. The molecular formula is C23H36N6O11. The van der Waals surface area contributed by atoms with Crippen LogP contribution < -0.4 is 21.3 Å². The van der Waals surface area contributed by atoms with Crippen molar-refractivity contribution in [2.45, 2.75) is 94.1 Å². The van der Waals surface area contributed by atoms with Crippen LogP contribution in [0.5, 0.6) is 0 Å². The van der Waals surface area contributed by atoms with E-state index in [0.29, 0.717) is 6.54 Å². The predicted octanol–water partition coefficient (Wildman–Crippen LogP) is -5.55. The molecule has 11 atom stereocenters. The number of imidazole rings is 1. The fraction of sp³-hybridized carbons (Fsp3) is 0.739. The minimum atomic E-state index is -1.62. The van der Waals surface area contributed by atoms with E-state index in [-0.39, 0.29) is 6.42 Å². The summed E-state index contributed by atoms with van der Waals surface area (Å²) in [6.45, 7) is 1.33. The summed E-state index contributed by atoms with van der Waals surface area (Å²) in [4.78, 5) is 44.1. The quantitative estimate of drug-likeness (QED) is 0.140. The van der Waals surface area contributed by atoms with E-state index < -0.39 is 98.2 Å². The highest BCUT2D eigenvalue weighted by atomic mass is 16.7. The molecule has 3 aliphatic rings. The Hall–Kier alpha value is -2.74. The molecule has 10 N–H and O–H groups in total. The van der Waals surface area contributed by atoms with Crippen molar-refractivity contribution < 1.29 is 54.1 Å². The number of fused-ring (bicyclic) bond motifs is 1. The first-order valence-electron chi connectivity index (χ1n) is 12.8. The number of hydrogen-bond acceptors (Lipinski definition) is 13. The van der Waals surface area contributed by atoms with E-state index in [0.717, 1.165) is 18.3 Å². The van der Waals surface area contributed by atoms with Gasteiger partial charge in [0.25, 0.3) is 0 Å². The molecule has 3 amide bonds. The van der Waals surface area contributed by atoms with Gasteiger partial charge in [-0.15, -0.1) is 0 Å². The van der Waals surface area contributed by atoms with Crippen LogP contribution >= 0.6 is 0 Å². The van der Waals surface area contributed by atoms with Crippen LogP contribution in [0.3, 0.4) is 0 Å². The van der Waals surface area contributed by atoms with Crippen LogP contribution in [0.15, 0.2) is 6.33 Å². The SMILES string of the molecule is CC(=O)N[C@@H]1[C@@H](O)[C@H](O[C@@H]2O[C@H](CO)[C@@H](O)[C@H](O)[C@H]2NC(C)=O)[C@@H](CO)O[C@H]1NC(=O)[C@@H]1Cc2nc[nH]c2CN1. The van der Waals surface area contributed by atoms with Gasteiger partial charge in [-0.25, -0.2) is 4.98 Å². The Morgan fingerprint density at radius 1 is 0.975 bits per heavy atom. The lowest BCUT2D eigenvalue weighted by Gasteiger charge is -2.48. The van der Waals surface area contributed by atoms with Crippen molar-refractivity contribution in [3.8, 4) is 0 Å². The number of nitrogens with one attached hydrogen (secondary N) is 5. The van der Waals surface area contributed by atoms with Crippen LogP contribution in [0, 0.1) is 0 Å². The molecule has 40 heavy (non-hydrogen) atoms. The summed E-state index contributed by atoms with van der Waals surface area (Å²) in [5, 5.41) is 62.4. The van der Waals surface area contributed by atoms with Crippen molar-refractivity contribution in [1.29, 1.82) is 0 Å². The molecule has 4 rings (SSSR count). The number of carbonyl (C=O) groups is 3. The van der Waals surface area contributed by atoms with E-state index in [1.807, 2.05) is 0 Å². The lowest BCUT2D eigenvalue weighted by atomic mass is 9.93. The Labute approximate surface area is 228 Å². The van der Waals surface area contributed by atoms with Gasteiger partial charge >= 0.3 is 0 Å². The third kappa shape index (κ3) is 6.42. The van der Waals surface area contributed by atoms with Gasteiger partial charge in [0.05, 0.1) is 37.0 Å². The Bertz CT molecular complexity index is 1060. The number of aromatic amines is 1. The van der Waals surface area contributed by atoms with Gasteiger partial charge in [-0.3, -0.25) is 19.7 Å². The number of H-pyrrole nitrogens is 1. The maximum Gasteiger partial charge on any atom is 0.239 e. The number of aliphatic hydroxyl groups excluding tert-OH is 5. The largest absolute Gasteiger partial charge is 0.394 e. The van der Waals surface area contributed by atoms with Crippen molar-refractivity contribution in [3.63, 3.8) is 0 Å². The summed E-state index contributed by atoms with van der Waals surface area (Å²) in [6.07, 6.45) is -9.78. The zero-order chi connectivity index (χ0) is 29.1. The summed E-state index contributed by atoms with van der Waals surface area (Å²) >= 11 is 0. The Morgan fingerprint density at radius 3 is 2.30 bits per heavy atom. The van der Waals surface area contributed by atoms with Gasteiger partial charge in [0.1, 0.15) is 48.7 Å². The summed E-state index contributed by atoms with van der Waals surface area (Å²) < 4.78 is 17.3. The zero-order valence-corrected chi connectivity index (χ0v) is 21.9. The number of carbonyl (C=O) groups excluding carboxylic acids is 3. The molecule has 0 aliphatic carbocycles. The van der Waals surface area contributed by atoms with Crippen molar-refractivity contribution in [2.24, 2.45) is 0 Å². The minimum Gasteiger partial charge on any atom is -0.394 e. The normalized spacial score (nSPS) is 37.7. The lowest BCUT2D eigenvalue weighted by molar-refractivity contribution is -0.315. The van der Waals surface area contributed by atoms with Crippen LogP contribution in [-0.4, -0.2) is 134 Å². The van der Waals surface area contributed by atoms with Gasteiger partial charge in [-0.1, -0.05) is 0 Å². The first kappa shape index (κ1) is 30.2. The Morgan fingerprint density at radius 2 is 1.65 bits per heavy atom. The second-order valence-electron chi connectivity index (χ2n) is 10.0. The molecule has 0 aromatic carbocycles. The molecule has 0 saturated carbocycles. The second-order valence-corrected chi connectivity index (χ2v) is 10.0. The standard InChI is InChI=1S/C23H36N6O11/c1-8(32)27-15-19(36)20(40-23-16(28-9(2)33)18(35)17(34)13(5-30)39-23)14(6-31)38-22(15)29-21(37)11-3-10-12(4-24-11)26-7-25-10/h7,11,13-20,22-24,30-31,34-36H,3-6H2,1-2H3,(H,25,26)(H,27,32)(H,28,33)(H,29,37)/t11-,13+,14+,15+,16+,17+,18+,19+,20+,22+,23-/m0/s1. The third-order valence-corrected chi connectivity index (χ3v) is 7.14. The van der Waals surface area contributed by atoms with Crippen LogP contribution in [0.1, 0.15) is 25.2 Å². The van der Waals surface area contributed by atoms with Crippen LogP contribution in [0.2, 0.25) is 0 Å². The summed E-state index contributed by atoms with van der Waals surface area (Å²) in [5.74, 6) is -1.65. The van der Waals surface area contributed by atoms with Gasteiger partial charge in [0.2, 0.25) is 17.7 Å². The molecule has 0 spiro atoms. The highest BCUT2D eigenvalue weighted by molar-refractivity contribution is 5.82. The number of nitrogens with zero attached hydrogens (tertiary/aromatic N) is 1. The zero-order valence-electron chi connectivity index (χ0n) is 21.9. The first-order valence-corrected chi connectivity index (χ1v) is 12.8. The van der Waals surface area contributed by atoms with Gasteiger partial charge in [-0.2, -0.15) is 0 Å². The molecule has 0 bridgehead atoms. The number of aromatic nitrogens is 2. The molecule has 2 fully saturated rings. The van der Waals surface area contributed by atoms with E-state index in [2.05, 4.69) is 31.2 Å². The van der Waals surface area contributed by atoms with Crippen LogP contribution in [-0.2, 0) is 41.6 Å². The highest BCUT2D eigenvalue weighted by Gasteiger charge is 2.52. The molecule has 0 radical (unpaired) electrons. The van der Waals surface area contributed by atoms with Gasteiger partial charge < -0.3 is 60.7 Å². The summed E-state index contributed by atoms with van der Waals surface area (Å²) in [6, 6.07) is -3.28. The average molecular weight is 573 g/mol. The number of ether oxygens (including phenoxy) is 3. The van der Waals surface area contributed by atoms with E-state index >= 15 is 0 Å². The molecule has 1 aromatic rings. The monoisotopic (exact) mass is 572 g/mol. The maximum absolute atomic E-state index is 13.1. The van der Waals surface area contributed by atoms with Gasteiger partial charge in [0.15, 0.2) is 12.5 Å². The molecule has 17 nitrogen and oxygen atoms in total. The molecule has 2 saturated heterocycles. The molecule has 3 aliphatic heterocycles. The molecular weight excluding hydrogens is 536 g/mol. The maximum atomic E-state index is 13.1. The minimum absolute atomic E-state index is 0.281. The van der Waals surface area contributed by atoms with Crippen LogP contribution in [0.4, 0.5) is 0 Å². The smallest absolute Gasteiger partial charge is 0.239 e. The average Bonchev–Trinajstić information content (AvgIpc) is 3.39. The molecule has 1 aromatic heterocycles. The number of hydrogen-bond donors (Lipinski definition) is 10. The fourth-order valence-corrected chi connectivity index (χ4v) is 5.13. The first-order chi connectivity index (χ1) is 19.0. The number of amides is 3. The van der Waals surface area contributed by atoms with E-state index in [1.165, 1.54) is 13.3 Å².